The lowest BCUT2D eigenvalue weighted by Crippen LogP contribution is -2.40. The molecular weight excluding hydrogens is 434 g/mol. The number of benzene rings is 2. The molecule has 0 amide bonds. The molecule has 0 radical (unpaired) electrons. The zero-order valence-electron chi connectivity index (χ0n) is 19.5. The molecule has 174 valence electrons. The summed E-state index contributed by atoms with van der Waals surface area (Å²) in [5.74, 6) is 0.452. The van der Waals surface area contributed by atoms with E-state index in [9.17, 15) is 4.79 Å². The number of nitrogens with zero attached hydrogens (tertiary/aromatic N) is 4. The summed E-state index contributed by atoms with van der Waals surface area (Å²) < 4.78 is 1.76. The van der Waals surface area contributed by atoms with E-state index in [4.69, 9.17) is 4.98 Å². The lowest BCUT2D eigenvalue weighted by Gasteiger charge is -2.36. The average molecular weight is 462 g/mol. The maximum absolute atomic E-state index is 14.3. The molecule has 6 heteroatoms. The van der Waals surface area contributed by atoms with Crippen molar-refractivity contribution in [3.63, 3.8) is 0 Å². The van der Waals surface area contributed by atoms with Gasteiger partial charge in [-0.2, -0.15) is 5.10 Å². The van der Waals surface area contributed by atoms with E-state index in [2.05, 4.69) is 33.7 Å². The zero-order chi connectivity index (χ0) is 23.7. The van der Waals surface area contributed by atoms with E-state index in [1.807, 2.05) is 48.5 Å². The van der Waals surface area contributed by atoms with Gasteiger partial charge < -0.3 is 0 Å². The molecule has 0 unspecified atom stereocenters. The van der Waals surface area contributed by atoms with Gasteiger partial charge in [0.15, 0.2) is 0 Å². The molecule has 6 nitrogen and oxygen atoms in total. The van der Waals surface area contributed by atoms with Crippen LogP contribution in [0.5, 0.6) is 0 Å². The number of hydrogen-bond donors (Lipinski definition) is 1. The molecule has 0 aliphatic heterocycles. The van der Waals surface area contributed by atoms with Gasteiger partial charge in [0.05, 0.1) is 24.0 Å². The van der Waals surface area contributed by atoms with Gasteiger partial charge >= 0.3 is 0 Å². The monoisotopic (exact) mass is 461 g/mol. The topological polar surface area (TPSA) is 72.2 Å². The van der Waals surface area contributed by atoms with Crippen molar-refractivity contribution in [3.05, 3.63) is 112 Å². The molecule has 35 heavy (non-hydrogen) atoms. The van der Waals surface area contributed by atoms with Gasteiger partial charge in [0.25, 0.3) is 5.56 Å². The molecule has 0 bridgehead atoms. The molecule has 2 aromatic carbocycles. The first kappa shape index (κ1) is 21.5. The first-order valence-corrected chi connectivity index (χ1v) is 12.2. The second kappa shape index (κ2) is 8.95. The Hall–Kier alpha value is -4.06. The van der Waals surface area contributed by atoms with Gasteiger partial charge in [-0.3, -0.25) is 14.3 Å². The molecule has 1 saturated carbocycles. The molecule has 2 aliphatic carbocycles. The maximum Gasteiger partial charge on any atom is 0.259 e. The number of hydrogen-bond acceptors (Lipinski definition) is 5. The van der Waals surface area contributed by atoms with Gasteiger partial charge in [-0.25, -0.2) is 10.4 Å². The third-order valence-corrected chi connectivity index (χ3v) is 7.33. The highest BCUT2D eigenvalue weighted by Gasteiger charge is 2.44. The van der Waals surface area contributed by atoms with Crippen LogP contribution in [0.3, 0.4) is 0 Å². The van der Waals surface area contributed by atoms with Crippen LogP contribution in [0.4, 0.5) is 5.95 Å². The predicted molar refractivity (Wildman–Crippen MR) is 139 cm³/mol. The molecule has 0 atom stereocenters. The summed E-state index contributed by atoms with van der Waals surface area (Å²) in [6.45, 7) is 0.435. The van der Waals surface area contributed by atoms with Gasteiger partial charge in [-0.1, -0.05) is 67.4 Å². The number of aromatic nitrogens is 3. The van der Waals surface area contributed by atoms with Crippen molar-refractivity contribution < 1.29 is 0 Å². The molecule has 4 aromatic rings. The second-order valence-electron chi connectivity index (χ2n) is 9.51. The zero-order valence-corrected chi connectivity index (χ0v) is 19.5. The fraction of sp³-hybridized carbons (Fsp3) is 0.241. The second-order valence-corrected chi connectivity index (χ2v) is 9.51. The highest BCUT2D eigenvalue weighted by molar-refractivity contribution is 5.79. The van der Waals surface area contributed by atoms with Crippen molar-refractivity contribution in [2.45, 2.75) is 44.1 Å². The Morgan fingerprint density at radius 1 is 0.971 bits per heavy atom. The Morgan fingerprint density at radius 3 is 2.51 bits per heavy atom. The van der Waals surface area contributed by atoms with E-state index in [0.29, 0.717) is 12.5 Å². The maximum atomic E-state index is 14.3. The fourth-order valence-electron chi connectivity index (χ4n) is 5.68. The SMILES string of the molecule is O=c1c2c(nc(N/N=C/c3ccncc3)n1Cc1ccccc1)-c1ccccc1CC21CCCC1. The van der Waals surface area contributed by atoms with Crippen molar-refractivity contribution in [1.29, 1.82) is 0 Å². The highest BCUT2D eigenvalue weighted by Crippen LogP contribution is 2.49. The van der Waals surface area contributed by atoms with Crippen LogP contribution in [0.15, 0.2) is 89.0 Å². The number of fused-ring (bicyclic) bond motifs is 4. The van der Waals surface area contributed by atoms with Gasteiger partial charge in [0, 0.05) is 23.4 Å². The first-order valence-electron chi connectivity index (χ1n) is 12.2. The first-order chi connectivity index (χ1) is 17.2. The molecule has 6 rings (SSSR count). The van der Waals surface area contributed by atoms with Crippen molar-refractivity contribution in [1.82, 2.24) is 14.5 Å². The van der Waals surface area contributed by atoms with Crippen LogP contribution in [0, 0.1) is 0 Å². The summed E-state index contributed by atoms with van der Waals surface area (Å²) in [4.78, 5) is 23.4. The van der Waals surface area contributed by atoms with Crippen LogP contribution in [0.25, 0.3) is 11.3 Å². The molecule has 1 fully saturated rings. The lowest BCUT2D eigenvalue weighted by molar-refractivity contribution is 0.422. The largest absolute Gasteiger partial charge is 0.273 e. The molecule has 2 aliphatic rings. The standard InChI is InChI=1S/C29H27N5O/c35-27-25-26(24-11-5-4-10-23(24)18-29(25)14-6-7-15-29)32-28(33-31-19-21-12-16-30-17-13-21)34(27)20-22-8-2-1-3-9-22/h1-5,8-13,16-17,19H,6-7,14-15,18,20H2,(H,32,33)/b31-19+. The Bertz CT molecular complexity index is 1440. The molecule has 2 heterocycles. The summed E-state index contributed by atoms with van der Waals surface area (Å²) in [7, 11) is 0. The number of hydrazone groups is 1. The van der Waals surface area contributed by atoms with E-state index in [0.717, 1.165) is 60.1 Å². The number of nitrogens with one attached hydrogen (secondary N) is 1. The quantitative estimate of drug-likeness (QED) is 0.329. The minimum atomic E-state index is -0.134. The van der Waals surface area contributed by atoms with Crippen LogP contribution in [0.2, 0.25) is 0 Å². The Morgan fingerprint density at radius 2 is 1.71 bits per heavy atom. The van der Waals surface area contributed by atoms with E-state index in [-0.39, 0.29) is 11.0 Å². The number of anilines is 1. The normalized spacial score (nSPS) is 15.8. The average Bonchev–Trinajstić information content (AvgIpc) is 3.35. The Balaban J connectivity index is 1.52. The highest BCUT2D eigenvalue weighted by atomic mass is 16.1. The van der Waals surface area contributed by atoms with Crippen LogP contribution in [-0.2, 0) is 18.4 Å². The summed E-state index contributed by atoms with van der Waals surface area (Å²) in [5.41, 5.74) is 8.98. The Labute approximate surface area is 204 Å². The van der Waals surface area contributed by atoms with Gasteiger partial charge in [0.2, 0.25) is 5.95 Å². The number of rotatable bonds is 5. The Kier molecular flexibility index (Phi) is 5.49. The van der Waals surface area contributed by atoms with Crippen molar-refractivity contribution in [2.75, 3.05) is 5.43 Å². The van der Waals surface area contributed by atoms with Gasteiger partial charge in [-0.05, 0) is 48.1 Å². The lowest BCUT2D eigenvalue weighted by atomic mass is 9.68. The van der Waals surface area contributed by atoms with Crippen molar-refractivity contribution >= 4 is 12.2 Å². The van der Waals surface area contributed by atoms with Crippen LogP contribution >= 0.6 is 0 Å². The molecule has 1 spiro atoms. The van der Waals surface area contributed by atoms with Crippen LogP contribution < -0.4 is 11.0 Å². The summed E-state index contributed by atoms with van der Waals surface area (Å²) in [5, 5.41) is 4.42. The van der Waals surface area contributed by atoms with E-state index in [1.165, 1.54) is 5.56 Å². The van der Waals surface area contributed by atoms with Crippen molar-refractivity contribution in [3.8, 4) is 11.3 Å². The minimum absolute atomic E-state index is 0.0388. The molecule has 2 aromatic heterocycles. The smallest absolute Gasteiger partial charge is 0.259 e. The molecule has 0 saturated heterocycles. The third-order valence-electron chi connectivity index (χ3n) is 7.33. The summed E-state index contributed by atoms with van der Waals surface area (Å²) in [6, 6.07) is 22.2. The molecule has 1 N–H and O–H groups in total. The van der Waals surface area contributed by atoms with Gasteiger partial charge in [0.1, 0.15) is 0 Å². The van der Waals surface area contributed by atoms with E-state index in [1.54, 1.807) is 23.2 Å². The molecular formula is C29H27N5O. The summed E-state index contributed by atoms with van der Waals surface area (Å²) in [6.07, 6.45) is 10.4. The minimum Gasteiger partial charge on any atom is -0.273 e. The van der Waals surface area contributed by atoms with E-state index >= 15 is 0 Å². The fourth-order valence-corrected chi connectivity index (χ4v) is 5.68. The van der Waals surface area contributed by atoms with Gasteiger partial charge in [-0.15, -0.1) is 0 Å². The van der Waals surface area contributed by atoms with E-state index < -0.39 is 0 Å². The third kappa shape index (κ3) is 3.95. The summed E-state index contributed by atoms with van der Waals surface area (Å²) >= 11 is 0. The predicted octanol–water partition coefficient (Wildman–Crippen LogP) is 5.17. The van der Waals surface area contributed by atoms with Crippen LogP contribution in [0.1, 0.15) is 47.9 Å². The van der Waals surface area contributed by atoms with Crippen LogP contribution in [-0.4, -0.2) is 20.7 Å². The number of pyridine rings is 1. The van der Waals surface area contributed by atoms with Crippen molar-refractivity contribution in [2.24, 2.45) is 5.10 Å².